The molecule has 0 amide bonds. The Labute approximate surface area is 137 Å². The second-order valence-corrected chi connectivity index (χ2v) is 8.80. The average molecular weight is 372 g/mol. The highest BCUT2D eigenvalue weighted by atomic mass is 79.9. The summed E-state index contributed by atoms with van der Waals surface area (Å²) in [7, 11) is -1.04. The molecule has 1 aliphatic heterocycles. The summed E-state index contributed by atoms with van der Waals surface area (Å²) in [6.45, 7) is 0.729. The van der Waals surface area contributed by atoms with Crippen LogP contribution in [0.5, 0.6) is 0 Å². The van der Waals surface area contributed by atoms with Crippen molar-refractivity contribution in [2.75, 3.05) is 12.3 Å². The van der Waals surface area contributed by atoms with Crippen molar-refractivity contribution in [1.82, 2.24) is 0 Å². The third-order valence-corrected chi connectivity index (χ3v) is 7.01. The number of rotatable bonds is 2. The predicted molar refractivity (Wildman–Crippen MR) is 89.8 cm³/mol. The van der Waals surface area contributed by atoms with Crippen molar-refractivity contribution >= 4 is 32.4 Å². The number of nitrogen functional groups attached to an aromatic ring is 1. The number of nitrogens with two attached hydrogens (primary N) is 1. The van der Waals surface area contributed by atoms with Gasteiger partial charge < -0.3 is 10.5 Å². The van der Waals surface area contributed by atoms with Crippen LogP contribution in [-0.4, -0.2) is 21.7 Å². The van der Waals surface area contributed by atoms with Crippen LogP contribution in [0, 0.1) is 0 Å². The number of hydrogen-bond acceptors (Lipinski definition) is 3. The highest BCUT2D eigenvalue weighted by Crippen LogP contribution is 2.41. The van der Waals surface area contributed by atoms with Crippen molar-refractivity contribution < 1.29 is 8.95 Å². The Balaban J connectivity index is 1.77. The standard InChI is InChI=1S/C16H22BrNO2S/c17-12-4-5-15(14(18)10-12)21(19)13-6-9-20-16(11-13)7-2-1-3-8-16/h4-5,10,13H,1-3,6-9,11,18H2. The van der Waals surface area contributed by atoms with Gasteiger partial charge in [0.15, 0.2) is 0 Å². The fraction of sp³-hybridized carbons (Fsp3) is 0.625. The van der Waals surface area contributed by atoms with Crippen LogP contribution in [0.3, 0.4) is 0 Å². The molecule has 0 radical (unpaired) electrons. The molecule has 21 heavy (non-hydrogen) atoms. The van der Waals surface area contributed by atoms with Crippen molar-refractivity contribution in [2.24, 2.45) is 0 Å². The lowest BCUT2D eigenvalue weighted by Crippen LogP contribution is -2.44. The largest absolute Gasteiger partial charge is 0.398 e. The van der Waals surface area contributed by atoms with E-state index in [1.165, 1.54) is 19.3 Å². The zero-order chi connectivity index (χ0) is 14.9. The minimum atomic E-state index is -1.04. The van der Waals surface area contributed by atoms with E-state index in [9.17, 15) is 4.21 Å². The van der Waals surface area contributed by atoms with Crippen LogP contribution < -0.4 is 5.73 Å². The van der Waals surface area contributed by atoms with Crippen molar-refractivity contribution in [1.29, 1.82) is 0 Å². The molecule has 2 fully saturated rings. The Kier molecular flexibility index (Phi) is 4.71. The Bertz CT molecular complexity index is 538. The van der Waals surface area contributed by atoms with Crippen molar-refractivity contribution in [3.63, 3.8) is 0 Å². The zero-order valence-corrected chi connectivity index (χ0v) is 14.5. The normalized spacial score (nSPS) is 26.6. The topological polar surface area (TPSA) is 52.3 Å². The summed E-state index contributed by atoms with van der Waals surface area (Å²) in [6, 6.07) is 5.64. The highest BCUT2D eigenvalue weighted by molar-refractivity contribution is 9.10. The molecule has 2 atom stereocenters. The lowest BCUT2D eigenvalue weighted by Gasteiger charge is -2.43. The molecular formula is C16H22BrNO2S. The number of ether oxygens (including phenoxy) is 1. The van der Waals surface area contributed by atoms with Gasteiger partial charge in [-0.25, -0.2) is 0 Å². The monoisotopic (exact) mass is 371 g/mol. The minimum Gasteiger partial charge on any atom is -0.398 e. The number of anilines is 1. The van der Waals surface area contributed by atoms with Gasteiger partial charge in [0.25, 0.3) is 0 Å². The van der Waals surface area contributed by atoms with E-state index >= 15 is 0 Å². The molecule has 2 aliphatic rings. The van der Waals surface area contributed by atoms with Crippen molar-refractivity contribution in [2.45, 2.75) is 60.7 Å². The molecule has 1 aliphatic carbocycles. The summed E-state index contributed by atoms with van der Waals surface area (Å²) >= 11 is 3.40. The maximum absolute atomic E-state index is 12.9. The Morgan fingerprint density at radius 1 is 1.29 bits per heavy atom. The summed E-state index contributed by atoms with van der Waals surface area (Å²) in [4.78, 5) is 0.774. The maximum Gasteiger partial charge on any atom is 0.0694 e. The van der Waals surface area contributed by atoms with E-state index in [4.69, 9.17) is 10.5 Å². The minimum absolute atomic E-state index is 0.0129. The van der Waals surface area contributed by atoms with E-state index in [0.717, 1.165) is 41.7 Å². The van der Waals surface area contributed by atoms with E-state index < -0.39 is 10.8 Å². The lowest BCUT2D eigenvalue weighted by atomic mass is 9.80. The van der Waals surface area contributed by atoms with E-state index in [-0.39, 0.29) is 10.9 Å². The molecule has 3 nitrogen and oxygen atoms in total. The van der Waals surface area contributed by atoms with Crippen LogP contribution in [0.4, 0.5) is 5.69 Å². The van der Waals surface area contributed by atoms with Gasteiger partial charge in [-0.3, -0.25) is 4.21 Å². The lowest BCUT2D eigenvalue weighted by molar-refractivity contribution is -0.0975. The Morgan fingerprint density at radius 3 is 2.76 bits per heavy atom. The summed E-state index contributed by atoms with van der Waals surface area (Å²) in [5, 5.41) is 0.167. The number of hydrogen-bond donors (Lipinski definition) is 1. The molecule has 1 heterocycles. The predicted octanol–water partition coefficient (Wildman–Crippen LogP) is 4.02. The number of halogens is 1. The number of benzene rings is 1. The quantitative estimate of drug-likeness (QED) is 0.798. The summed E-state index contributed by atoms with van der Waals surface area (Å²) in [5.41, 5.74) is 6.65. The molecule has 2 N–H and O–H groups in total. The fourth-order valence-corrected chi connectivity index (χ4v) is 5.59. The van der Waals surface area contributed by atoms with Gasteiger partial charge in [0, 0.05) is 22.0 Å². The van der Waals surface area contributed by atoms with Gasteiger partial charge in [0.2, 0.25) is 0 Å². The first kappa shape index (κ1) is 15.5. The molecule has 2 unspecified atom stereocenters. The summed E-state index contributed by atoms with van der Waals surface area (Å²) < 4.78 is 19.9. The molecular weight excluding hydrogens is 350 g/mol. The van der Waals surface area contributed by atoms with Gasteiger partial charge in [0.05, 0.1) is 21.3 Å². The zero-order valence-electron chi connectivity index (χ0n) is 12.1. The first-order valence-electron chi connectivity index (χ1n) is 7.69. The van der Waals surface area contributed by atoms with Gasteiger partial charge in [-0.05, 0) is 43.9 Å². The second kappa shape index (κ2) is 6.39. The van der Waals surface area contributed by atoms with Crippen LogP contribution in [0.15, 0.2) is 27.6 Å². The van der Waals surface area contributed by atoms with E-state index in [1.54, 1.807) is 0 Å². The Morgan fingerprint density at radius 2 is 2.05 bits per heavy atom. The fourth-order valence-electron chi connectivity index (χ4n) is 3.59. The summed E-state index contributed by atoms with van der Waals surface area (Å²) in [6.07, 6.45) is 7.80. The highest BCUT2D eigenvalue weighted by Gasteiger charge is 2.40. The van der Waals surface area contributed by atoms with Gasteiger partial charge >= 0.3 is 0 Å². The van der Waals surface area contributed by atoms with E-state index in [0.29, 0.717) is 5.69 Å². The molecule has 1 saturated heterocycles. The SMILES string of the molecule is Nc1cc(Br)ccc1S(=O)C1CCOC2(CCCCC2)C1. The van der Waals surface area contributed by atoms with Crippen LogP contribution in [0.2, 0.25) is 0 Å². The first-order chi connectivity index (χ1) is 10.1. The molecule has 0 aromatic heterocycles. The van der Waals surface area contributed by atoms with Crippen molar-refractivity contribution in [3.8, 4) is 0 Å². The van der Waals surface area contributed by atoms with Gasteiger partial charge in [0.1, 0.15) is 0 Å². The molecule has 3 rings (SSSR count). The maximum atomic E-state index is 12.9. The molecule has 5 heteroatoms. The molecule has 1 saturated carbocycles. The second-order valence-electron chi connectivity index (χ2n) is 6.19. The van der Waals surface area contributed by atoms with Crippen LogP contribution in [0.25, 0.3) is 0 Å². The first-order valence-corrected chi connectivity index (χ1v) is 9.70. The van der Waals surface area contributed by atoms with Gasteiger partial charge in [-0.1, -0.05) is 35.2 Å². The molecule has 0 bridgehead atoms. The average Bonchev–Trinajstić information content (AvgIpc) is 2.47. The Hall–Kier alpha value is -0.390. The van der Waals surface area contributed by atoms with Gasteiger partial charge in [-0.2, -0.15) is 0 Å². The smallest absolute Gasteiger partial charge is 0.0694 e. The van der Waals surface area contributed by atoms with E-state index in [2.05, 4.69) is 15.9 Å². The molecule has 1 aromatic rings. The molecule has 1 aromatic carbocycles. The summed E-state index contributed by atoms with van der Waals surface area (Å²) in [5.74, 6) is 0. The van der Waals surface area contributed by atoms with Crippen molar-refractivity contribution in [3.05, 3.63) is 22.7 Å². The van der Waals surface area contributed by atoms with Crippen LogP contribution >= 0.6 is 15.9 Å². The van der Waals surface area contributed by atoms with E-state index in [1.807, 2.05) is 18.2 Å². The molecule has 116 valence electrons. The van der Waals surface area contributed by atoms with Crippen LogP contribution in [-0.2, 0) is 15.5 Å². The van der Waals surface area contributed by atoms with Gasteiger partial charge in [-0.15, -0.1) is 0 Å². The third-order valence-electron chi connectivity index (χ3n) is 4.70. The third kappa shape index (κ3) is 3.35. The van der Waals surface area contributed by atoms with Crippen LogP contribution in [0.1, 0.15) is 44.9 Å². The molecule has 1 spiro atoms.